The second-order valence-electron chi connectivity index (χ2n) is 15.8. The molecule has 0 saturated carbocycles. The molecule has 0 N–H and O–H groups in total. The molecule has 280 valence electrons. The fourth-order valence-corrected chi connectivity index (χ4v) is 9.42. The molecule has 0 spiro atoms. The van der Waals surface area contributed by atoms with Gasteiger partial charge in [0, 0.05) is 5.57 Å². The molecule has 0 fully saturated rings. The number of rotatable bonds is 8. The number of benzene rings is 7. The van der Waals surface area contributed by atoms with Crippen molar-refractivity contribution in [2.75, 3.05) is 0 Å². The van der Waals surface area contributed by atoms with E-state index in [-0.39, 0.29) is 5.92 Å². The van der Waals surface area contributed by atoms with E-state index in [0.29, 0.717) is 0 Å². The Hall–Kier alpha value is -6.64. The molecule has 0 heterocycles. The zero-order valence-electron chi connectivity index (χ0n) is 33.3. The minimum atomic E-state index is 0.247. The van der Waals surface area contributed by atoms with Crippen molar-refractivity contribution in [3.05, 3.63) is 204 Å². The summed E-state index contributed by atoms with van der Waals surface area (Å²) in [5.74, 6) is 0.979. The Kier molecular flexibility index (Phi) is 9.26. The highest BCUT2D eigenvalue weighted by Gasteiger charge is 2.29. The minimum absolute atomic E-state index is 0.247. The maximum Gasteiger partial charge on any atom is 0.160 e. The zero-order chi connectivity index (χ0) is 39.2. The van der Waals surface area contributed by atoms with Crippen LogP contribution in [0.5, 0.6) is 0 Å². The number of hydrogen-bond donors (Lipinski definition) is 0. The van der Waals surface area contributed by atoms with Crippen LogP contribution in [0.25, 0.3) is 65.7 Å². The van der Waals surface area contributed by atoms with Crippen LogP contribution in [0.15, 0.2) is 192 Å². The third-order valence-electron chi connectivity index (χ3n) is 12.4. The van der Waals surface area contributed by atoms with E-state index in [1.807, 2.05) is 0 Å². The van der Waals surface area contributed by atoms with Crippen LogP contribution in [0.1, 0.15) is 61.8 Å². The maximum absolute atomic E-state index is 5.55. The van der Waals surface area contributed by atoms with Gasteiger partial charge in [0.25, 0.3) is 0 Å². The molecule has 7 aromatic carbocycles. The highest BCUT2D eigenvalue weighted by atomic mass is 14.9. The van der Waals surface area contributed by atoms with Gasteiger partial charge in [-0.25, -0.2) is 9.98 Å². The molecule has 1 atom stereocenters. The van der Waals surface area contributed by atoms with Gasteiger partial charge in [0.15, 0.2) is 5.84 Å². The van der Waals surface area contributed by atoms with Crippen molar-refractivity contribution >= 4 is 55.0 Å². The molecular formula is C56H46N2. The van der Waals surface area contributed by atoms with Gasteiger partial charge >= 0.3 is 0 Å². The van der Waals surface area contributed by atoms with E-state index in [1.165, 1.54) is 76.8 Å². The van der Waals surface area contributed by atoms with Crippen molar-refractivity contribution in [3.8, 4) is 22.3 Å². The van der Waals surface area contributed by atoms with E-state index >= 15 is 0 Å². The van der Waals surface area contributed by atoms with Gasteiger partial charge in [-0.3, -0.25) is 0 Å². The molecule has 2 nitrogen and oxygen atoms in total. The lowest BCUT2D eigenvalue weighted by Gasteiger charge is -2.29. The summed E-state index contributed by atoms with van der Waals surface area (Å²) in [6.07, 6.45) is 16.2. The second kappa shape index (κ2) is 15.0. The molecule has 7 aromatic rings. The van der Waals surface area contributed by atoms with Crippen LogP contribution in [0, 0.1) is 5.92 Å². The molecule has 0 aliphatic heterocycles. The Labute approximate surface area is 341 Å². The molecule has 0 unspecified atom stereocenters. The third kappa shape index (κ3) is 6.12. The first kappa shape index (κ1) is 35.8. The summed E-state index contributed by atoms with van der Waals surface area (Å²) in [7, 11) is 0. The van der Waals surface area contributed by atoms with E-state index in [4.69, 9.17) is 9.98 Å². The molecule has 0 bridgehead atoms. The predicted octanol–water partition coefficient (Wildman–Crippen LogP) is 14.9. The summed E-state index contributed by atoms with van der Waals surface area (Å²) < 4.78 is 0. The SMILES string of the molecule is C=C(N=C(N=C(c1ccccc1)[C@H](C)CC)C1=CCC2=CCc3c(-c4c5ccccc5c(-c5ccccc5)c5ccccc45)ccc4ccc1c2c34)C1=CCCC=C1. The van der Waals surface area contributed by atoms with E-state index in [0.717, 1.165) is 66.1 Å². The van der Waals surface area contributed by atoms with Gasteiger partial charge < -0.3 is 0 Å². The monoisotopic (exact) mass is 746 g/mol. The second-order valence-corrected chi connectivity index (χ2v) is 15.8. The first-order valence-electron chi connectivity index (χ1n) is 20.9. The summed E-state index contributed by atoms with van der Waals surface area (Å²) in [6, 6.07) is 48.8. The number of nitrogens with zero attached hydrogens (tertiary/aromatic N) is 2. The van der Waals surface area contributed by atoms with E-state index in [9.17, 15) is 0 Å². The summed E-state index contributed by atoms with van der Waals surface area (Å²) in [6.45, 7) is 9.02. The van der Waals surface area contributed by atoms with Gasteiger partial charge in [-0.05, 0) is 126 Å². The van der Waals surface area contributed by atoms with Gasteiger partial charge in [0.05, 0.1) is 11.4 Å². The predicted molar refractivity (Wildman–Crippen MR) is 250 cm³/mol. The zero-order valence-corrected chi connectivity index (χ0v) is 33.3. The molecular weight excluding hydrogens is 701 g/mol. The van der Waals surface area contributed by atoms with Crippen LogP contribution in [-0.4, -0.2) is 11.5 Å². The molecule has 3 aliphatic carbocycles. The van der Waals surface area contributed by atoms with Crippen molar-refractivity contribution < 1.29 is 0 Å². The normalized spacial score (nSPS) is 15.7. The topological polar surface area (TPSA) is 24.7 Å². The molecule has 2 heteroatoms. The number of allylic oxidation sites excluding steroid dienone is 6. The molecule has 58 heavy (non-hydrogen) atoms. The first-order valence-corrected chi connectivity index (χ1v) is 20.9. The van der Waals surface area contributed by atoms with Crippen LogP contribution >= 0.6 is 0 Å². The Balaban J connectivity index is 1.20. The van der Waals surface area contributed by atoms with Crippen molar-refractivity contribution in [3.63, 3.8) is 0 Å². The van der Waals surface area contributed by atoms with Crippen LogP contribution in [0.2, 0.25) is 0 Å². The van der Waals surface area contributed by atoms with Gasteiger partial charge in [-0.2, -0.15) is 0 Å². The van der Waals surface area contributed by atoms with Crippen molar-refractivity contribution in [2.24, 2.45) is 15.9 Å². The van der Waals surface area contributed by atoms with Crippen LogP contribution in [-0.2, 0) is 6.42 Å². The highest BCUT2D eigenvalue weighted by Crippen LogP contribution is 2.49. The largest absolute Gasteiger partial charge is 0.232 e. The van der Waals surface area contributed by atoms with Crippen molar-refractivity contribution in [2.45, 2.75) is 46.0 Å². The number of fused-ring (bicyclic) bond motifs is 2. The van der Waals surface area contributed by atoms with Crippen LogP contribution in [0.4, 0.5) is 0 Å². The first-order chi connectivity index (χ1) is 28.6. The Bertz CT molecular complexity index is 2930. The lowest BCUT2D eigenvalue weighted by atomic mass is 9.76. The molecule has 0 saturated heterocycles. The van der Waals surface area contributed by atoms with Crippen LogP contribution in [0.3, 0.4) is 0 Å². The third-order valence-corrected chi connectivity index (χ3v) is 12.4. The number of aliphatic imine (C=N–C) groups is 2. The smallest absolute Gasteiger partial charge is 0.160 e. The lowest BCUT2D eigenvalue weighted by molar-refractivity contribution is 0.741. The Morgan fingerprint density at radius 1 is 0.621 bits per heavy atom. The number of hydrogen-bond acceptors (Lipinski definition) is 1. The van der Waals surface area contributed by atoms with Gasteiger partial charge in [-0.15, -0.1) is 0 Å². The van der Waals surface area contributed by atoms with E-state index in [2.05, 4.69) is 184 Å². The van der Waals surface area contributed by atoms with Crippen molar-refractivity contribution in [1.29, 1.82) is 0 Å². The molecule has 0 radical (unpaired) electrons. The Morgan fingerprint density at radius 2 is 1.26 bits per heavy atom. The minimum Gasteiger partial charge on any atom is -0.232 e. The average molecular weight is 747 g/mol. The summed E-state index contributed by atoms with van der Waals surface area (Å²) >= 11 is 0. The summed E-state index contributed by atoms with van der Waals surface area (Å²) in [5.41, 5.74) is 15.5. The van der Waals surface area contributed by atoms with Crippen molar-refractivity contribution in [1.82, 2.24) is 0 Å². The maximum atomic E-state index is 5.55. The van der Waals surface area contributed by atoms with Gasteiger partial charge in [0.2, 0.25) is 0 Å². The van der Waals surface area contributed by atoms with Gasteiger partial charge in [-0.1, -0.05) is 184 Å². The molecule has 3 aliphatic rings. The quantitative estimate of drug-likeness (QED) is 0.0840. The standard InChI is InChI=1S/C56H46N2/c1-4-36(2)55(42-22-12-7-13-23-42)58-56(57-37(3)38-18-8-5-9-19-38)50-35-31-41-28-32-47-48(33-29-40-30-34-49(50)53(41)52(40)47)54-45-26-16-14-24-43(45)51(39-20-10-6-11-21-39)44-25-15-17-27-46(44)54/h6-8,10-30,33-36H,3-5,9,31-32H2,1-2H3/t36-/m1/s1. The average Bonchev–Trinajstić information content (AvgIpc) is 3.29. The van der Waals surface area contributed by atoms with Gasteiger partial charge in [0.1, 0.15) is 0 Å². The molecule has 10 rings (SSSR count). The lowest BCUT2D eigenvalue weighted by Crippen LogP contribution is -2.17. The fourth-order valence-electron chi connectivity index (χ4n) is 9.42. The van der Waals surface area contributed by atoms with E-state index in [1.54, 1.807) is 0 Å². The molecule has 0 aromatic heterocycles. The molecule has 0 amide bonds. The summed E-state index contributed by atoms with van der Waals surface area (Å²) in [5, 5.41) is 7.74. The number of amidine groups is 1. The summed E-state index contributed by atoms with van der Waals surface area (Å²) in [4.78, 5) is 10.9. The Morgan fingerprint density at radius 3 is 1.91 bits per heavy atom. The van der Waals surface area contributed by atoms with E-state index < -0.39 is 0 Å². The fraction of sp³-hybridized carbons (Fsp3) is 0.143. The highest BCUT2D eigenvalue weighted by molar-refractivity contribution is 6.30. The van der Waals surface area contributed by atoms with Crippen LogP contribution < -0.4 is 0 Å².